The molecule has 0 radical (unpaired) electrons. The van der Waals surface area contributed by atoms with Gasteiger partial charge in [-0.05, 0) is 25.1 Å². The van der Waals surface area contributed by atoms with E-state index in [1.165, 1.54) is 40.4 Å². The summed E-state index contributed by atoms with van der Waals surface area (Å²) in [6.45, 7) is 0.831. The van der Waals surface area contributed by atoms with Gasteiger partial charge < -0.3 is 24.3 Å². The van der Waals surface area contributed by atoms with Gasteiger partial charge in [0.2, 0.25) is 10.0 Å². The third kappa shape index (κ3) is 6.59. The molecule has 0 aliphatic carbocycles. The lowest BCUT2D eigenvalue weighted by Crippen LogP contribution is -2.40. The molecule has 11 heteroatoms. The van der Waals surface area contributed by atoms with Crippen molar-refractivity contribution in [2.75, 3.05) is 27.9 Å². The summed E-state index contributed by atoms with van der Waals surface area (Å²) in [5.74, 6) is -0.0515. The van der Waals surface area contributed by atoms with Gasteiger partial charge in [0.1, 0.15) is 11.8 Å². The summed E-state index contributed by atoms with van der Waals surface area (Å²) in [5, 5.41) is 2.60. The van der Waals surface area contributed by atoms with Gasteiger partial charge in [-0.15, -0.1) is 0 Å². The molecule has 10 nitrogen and oxygen atoms in total. The summed E-state index contributed by atoms with van der Waals surface area (Å²) >= 11 is 0. The van der Waals surface area contributed by atoms with Crippen LogP contribution in [0.2, 0.25) is 0 Å². The Morgan fingerprint density at radius 1 is 0.938 bits per heavy atom. The lowest BCUT2D eigenvalue weighted by atomic mass is 10.1. The molecule has 2 N–H and O–H groups in total. The predicted octanol–water partition coefficient (Wildman–Crippen LogP) is 1.24. The van der Waals surface area contributed by atoms with Gasteiger partial charge in [0.05, 0.1) is 26.2 Å². The van der Waals surface area contributed by atoms with Crippen LogP contribution in [0, 0.1) is 0 Å². The molecule has 0 spiro atoms. The van der Waals surface area contributed by atoms with Crippen LogP contribution in [0.3, 0.4) is 0 Å². The SMILES string of the molecule is COc1cc(OC)c(OC)cc1CNC(=O)COC(=O)[C@H](C)NS(=O)(=O)c1ccccc1. The van der Waals surface area contributed by atoms with Crippen molar-refractivity contribution in [3.63, 3.8) is 0 Å². The minimum Gasteiger partial charge on any atom is -0.496 e. The maximum atomic E-state index is 12.3. The fraction of sp³-hybridized carbons (Fsp3) is 0.333. The first-order valence-corrected chi connectivity index (χ1v) is 11.0. The molecule has 0 fully saturated rings. The fourth-order valence-electron chi connectivity index (χ4n) is 2.69. The van der Waals surface area contributed by atoms with Crippen molar-refractivity contribution in [3.05, 3.63) is 48.0 Å². The lowest BCUT2D eigenvalue weighted by molar-refractivity contribution is -0.149. The molecule has 0 unspecified atom stereocenters. The van der Waals surface area contributed by atoms with E-state index < -0.39 is 34.5 Å². The summed E-state index contributed by atoms with van der Waals surface area (Å²) in [5.41, 5.74) is 0.619. The van der Waals surface area contributed by atoms with E-state index in [0.717, 1.165) is 0 Å². The van der Waals surface area contributed by atoms with Crippen LogP contribution in [0.5, 0.6) is 17.2 Å². The van der Waals surface area contributed by atoms with Crippen molar-refractivity contribution in [2.45, 2.75) is 24.4 Å². The van der Waals surface area contributed by atoms with E-state index in [-0.39, 0.29) is 11.4 Å². The zero-order valence-corrected chi connectivity index (χ0v) is 19.0. The molecule has 0 bridgehead atoms. The van der Waals surface area contributed by atoms with Crippen LogP contribution in [-0.2, 0) is 30.9 Å². The topological polar surface area (TPSA) is 129 Å². The van der Waals surface area contributed by atoms with Crippen LogP contribution in [0.4, 0.5) is 0 Å². The second-order valence-corrected chi connectivity index (χ2v) is 8.27. The number of hydrogen-bond donors (Lipinski definition) is 2. The molecule has 1 amide bonds. The Labute approximate surface area is 186 Å². The van der Waals surface area contributed by atoms with Crippen molar-refractivity contribution in [1.82, 2.24) is 10.0 Å². The van der Waals surface area contributed by atoms with Gasteiger partial charge in [0, 0.05) is 18.2 Å². The van der Waals surface area contributed by atoms with E-state index in [0.29, 0.717) is 22.8 Å². The maximum absolute atomic E-state index is 12.3. The van der Waals surface area contributed by atoms with Gasteiger partial charge >= 0.3 is 5.97 Å². The zero-order valence-electron chi connectivity index (χ0n) is 18.2. The van der Waals surface area contributed by atoms with Crippen LogP contribution < -0.4 is 24.2 Å². The summed E-state index contributed by atoms with van der Waals surface area (Å²) in [4.78, 5) is 24.2. The van der Waals surface area contributed by atoms with Crippen LogP contribution in [0.1, 0.15) is 12.5 Å². The van der Waals surface area contributed by atoms with E-state index in [9.17, 15) is 18.0 Å². The summed E-state index contributed by atoms with van der Waals surface area (Å²) in [6.07, 6.45) is 0. The Balaban J connectivity index is 1.89. The first kappa shape index (κ1) is 25.0. The van der Waals surface area contributed by atoms with E-state index in [1.807, 2.05) is 0 Å². The van der Waals surface area contributed by atoms with Gasteiger partial charge in [-0.25, -0.2) is 8.42 Å². The molecule has 2 rings (SSSR count). The van der Waals surface area contributed by atoms with E-state index >= 15 is 0 Å². The molecule has 32 heavy (non-hydrogen) atoms. The van der Waals surface area contributed by atoms with Crippen LogP contribution >= 0.6 is 0 Å². The molecule has 0 heterocycles. The monoisotopic (exact) mass is 466 g/mol. The molecular formula is C21H26N2O8S. The van der Waals surface area contributed by atoms with Crippen LogP contribution in [-0.4, -0.2) is 54.3 Å². The Bertz CT molecular complexity index is 1040. The largest absolute Gasteiger partial charge is 0.496 e. The molecule has 2 aromatic rings. The van der Waals surface area contributed by atoms with E-state index in [2.05, 4.69) is 10.0 Å². The second-order valence-electron chi connectivity index (χ2n) is 6.56. The highest BCUT2D eigenvalue weighted by molar-refractivity contribution is 7.89. The third-order valence-electron chi connectivity index (χ3n) is 4.35. The van der Waals surface area contributed by atoms with Gasteiger partial charge in [-0.1, -0.05) is 18.2 Å². The van der Waals surface area contributed by atoms with Crippen molar-refractivity contribution >= 4 is 21.9 Å². The number of nitrogens with one attached hydrogen (secondary N) is 2. The molecule has 0 saturated carbocycles. The molecule has 0 aliphatic rings. The molecule has 0 saturated heterocycles. The number of rotatable bonds is 11. The molecule has 0 aliphatic heterocycles. The number of methoxy groups -OCH3 is 3. The van der Waals surface area contributed by atoms with Crippen LogP contribution in [0.25, 0.3) is 0 Å². The third-order valence-corrected chi connectivity index (χ3v) is 5.90. The fourth-order valence-corrected chi connectivity index (χ4v) is 3.90. The standard InChI is InChI=1S/C21H26N2O8S/c1-14(23-32(26,27)16-8-6-5-7-9-16)21(25)31-13-20(24)22-12-15-10-18(29-3)19(30-4)11-17(15)28-2/h5-11,14,23H,12-13H2,1-4H3,(H,22,24)/t14-/m0/s1. The smallest absolute Gasteiger partial charge is 0.324 e. The number of esters is 1. The Morgan fingerprint density at radius 2 is 1.53 bits per heavy atom. The van der Waals surface area contributed by atoms with Crippen LogP contribution in [0.15, 0.2) is 47.4 Å². The number of carbonyl (C=O) groups is 2. The maximum Gasteiger partial charge on any atom is 0.324 e. The molecule has 1 atom stereocenters. The predicted molar refractivity (Wildman–Crippen MR) is 115 cm³/mol. The normalized spacial score (nSPS) is 11.9. The highest BCUT2D eigenvalue weighted by atomic mass is 32.2. The van der Waals surface area contributed by atoms with Gasteiger partial charge in [-0.3, -0.25) is 9.59 Å². The van der Waals surface area contributed by atoms with Crippen molar-refractivity contribution in [3.8, 4) is 17.2 Å². The first-order valence-electron chi connectivity index (χ1n) is 9.51. The Morgan fingerprint density at radius 3 is 2.12 bits per heavy atom. The average Bonchev–Trinajstić information content (AvgIpc) is 2.80. The first-order chi connectivity index (χ1) is 15.2. The quantitative estimate of drug-likeness (QED) is 0.473. The van der Waals surface area contributed by atoms with Gasteiger partial charge in [-0.2, -0.15) is 4.72 Å². The summed E-state index contributed by atoms with van der Waals surface area (Å²) in [6, 6.07) is 9.70. The minimum absolute atomic E-state index is 0.0151. The zero-order chi connectivity index (χ0) is 23.7. The number of benzene rings is 2. The van der Waals surface area contributed by atoms with Crippen molar-refractivity contribution in [1.29, 1.82) is 0 Å². The van der Waals surface area contributed by atoms with Crippen molar-refractivity contribution in [2.24, 2.45) is 0 Å². The number of amides is 1. The van der Waals surface area contributed by atoms with Gasteiger partial charge in [0.25, 0.3) is 5.91 Å². The molecule has 174 valence electrons. The number of sulfonamides is 1. The average molecular weight is 467 g/mol. The minimum atomic E-state index is -3.90. The number of carbonyl (C=O) groups excluding carboxylic acids is 2. The molecule has 0 aromatic heterocycles. The Kier molecular flexibility index (Phi) is 8.85. The Hall–Kier alpha value is -3.31. The number of hydrogen-bond acceptors (Lipinski definition) is 8. The summed E-state index contributed by atoms with van der Waals surface area (Å²) < 4.78 is 47.4. The second kappa shape index (κ2) is 11.3. The molecule has 2 aromatic carbocycles. The highest BCUT2D eigenvalue weighted by Gasteiger charge is 2.23. The lowest BCUT2D eigenvalue weighted by Gasteiger charge is -2.15. The van der Waals surface area contributed by atoms with Gasteiger partial charge in [0.15, 0.2) is 18.1 Å². The summed E-state index contributed by atoms with van der Waals surface area (Å²) in [7, 11) is 0.561. The number of ether oxygens (including phenoxy) is 4. The van der Waals surface area contributed by atoms with E-state index in [4.69, 9.17) is 18.9 Å². The van der Waals surface area contributed by atoms with E-state index in [1.54, 1.807) is 30.3 Å². The van der Waals surface area contributed by atoms with Crippen molar-refractivity contribution < 1.29 is 37.0 Å². The highest BCUT2D eigenvalue weighted by Crippen LogP contribution is 2.34. The molecular weight excluding hydrogens is 440 g/mol.